The fourth-order valence-electron chi connectivity index (χ4n) is 3.29. The van der Waals surface area contributed by atoms with E-state index < -0.39 is 22.0 Å². The molecule has 6 heteroatoms. The number of hydrogen-bond acceptors (Lipinski definition) is 3. The Labute approximate surface area is 171 Å². The van der Waals surface area contributed by atoms with Crippen molar-refractivity contribution < 1.29 is 13.2 Å². The second-order valence-electron chi connectivity index (χ2n) is 6.65. The molecule has 1 heterocycles. The summed E-state index contributed by atoms with van der Waals surface area (Å²) in [5.41, 5.74) is 2.19. The van der Waals surface area contributed by atoms with Crippen LogP contribution in [0.5, 0.6) is 0 Å². The molecule has 1 aliphatic heterocycles. The van der Waals surface area contributed by atoms with E-state index in [0.29, 0.717) is 5.32 Å². The van der Waals surface area contributed by atoms with E-state index in [2.05, 4.69) is 0 Å². The van der Waals surface area contributed by atoms with Crippen LogP contribution in [0.1, 0.15) is 27.5 Å². The van der Waals surface area contributed by atoms with Crippen LogP contribution in [0.2, 0.25) is 5.32 Å². The average molecular weight is 456 g/mol. The van der Waals surface area contributed by atoms with E-state index in [4.69, 9.17) is 0 Å². The summed E-state index contributed by atoms with van der Waals surface area (Å²) >= 11 is 0.0292. The van der Waals surface area contributed by atoms with E-state index in [9.17, 15) is 13.2 Å². The molecule has 3 aromatic carbocycles. The molecule has 3 aromatic rings. The number of benzene rings is 3. The van der Waals surface area contributed by atoms with Gasteiger partial charge in [0.25, 0.3) is 0 Å². The zero-order valence-corrected chi connectivity index (χ0v) is 17.8. The molecule has 0 saturated heterocycles. The summed E-state index contributed by atoms with van der Waals surface area (Å²) in [6, 6.07) is 23.7. The fraction of sp³-hybridized carbons (Fsp3) is 0.136. The first-order chi connectivity index (χ1) is 13.5. The number of aryl methyl sites for hydroxylation is 1. The van der Waals surface area contributed by atoms with Crippen LogP contribution in [0.3, 0.4) is 0 Å². The summed E-state index contributed by atoms with van der Waals surface area (Å²) in [6.45, 7) is 1.99. The summed E-state index contributed by atoms with van der Waals surface area (Å²) in [5, 5.41) is 0.582. The van der Waals surface area contributed by atoms with Crippen molar-refractivity contribution >= 4 is 35.3 Å². The van der Waals surface area contributed by atoms with E-state index in [1.807, 2.05) is 61.5 Å². The molecule has 0 N–H and O–H groups in total. The Kier molecular flexibility index (Phi) is 5.11. The molecular formula is C22H19NO3SSe. The second kappa shape index (κ2) is 7.55. The Morgan fingerprint density at radius 1 is 0.893 bits per heavy atom. The zero-order chi connectivity index (χ0) is 19.7. The van der Waals surface area contributed by atoms with Gasteiger partial charge >= 0.3 is 172 Å². The van der Waals surface area contributed by atoms with Crippen molar-refractivity contribution in [2.24, 2.45) is 0 Å². The maximum absolute atomic E-state index is 13.2. The minimum atomic E-state index is -3.86. The monoisotopic (exact) mass is 457 g/mol. The molecule has 4 nitrogen and oxygen atoms in total. The first-order valence-electron chi connectivity index (χ1n) is 8.91. The van der Waals surface area contributed by atoms with Gasteiger partial charge in [-0.1, -0.05) is 0 Å². The predicted molar refractivity (Wildman–Crippen MR) is 110 cm³/mol. The topological polar surface area (TPSA) is 54.5 Å². The van der Waals surface area contributed by atoms with Crippen molar-refractivity contribution in [1.82, 2.24) is 4.31 Å². The number of carbonyl (C=O) groups is 1. The third kappa shape index (κ3) is 3.39. The fourth-order valence-corrected chi connectivity index (χ4v) is 7.43. The molecule has 0 radical (unpaired) electrons. The van der Waals surface area contributed by atoms with Crippen molar-refractivity contribution in [3.05, 3.63) is 95.6 Å². The van der Waals surface area contributed by atoms with Gasteiger partial charge in [0, 0.05) is 0 Å². The molecule has 0 aliphatic carbocycles. The Morgan fingerprint density at radius 2 is 1.54 bits per heavy atom. The van der Waals surface area contributed by atoms with Gasteiger partial charge in [-0.15, -0.1) is 0 Å². The van der Waals surface area contributed by atoms with Gasteiger partial charge in [0.1, 0.15) is 0 Å². The number of carbonyl (C=O) groups excluding carboxylic acids is 1. The van der Waals surface area contributed by atoms with Gasteiger partial charge in [0.05, 0.1) is 0 Å². The van der Waals surface area contributed by atoms with Crippen LogP contribution < -0.4 is 4.46 Å². The Bertz CT molecular complexity index is 1110. The van der Waals surface area contributed by atoms with Crippen LogP contribution in [0.15, 0.2) is 83.8 Å². The quantitative estimate of drug-likeness (QED) is 0.554. The third-order valence-electron chi connectivity index (χ3n) is 4.75. The molecule has 0 saturated carbocycles. The van der Waals surface area contributed by atoms with Crippen LogP contribution >= 0.6 is 0 Å². The summed E-state index contributed by atoms with van der Waals surface area (Å²) in [5.74, 6) is -0.440. The molecule has 0 bridgehead atoms. The van der Waals surface area contributed by atoms with E-state index in [0.717, 1.165) is 15.4 Å². The van der Waals surface area contributed by atoms with E-state index in [1.54, 1.807) is 18.2 Å². The van der Waals surface area contributed by atoms with Crippen molar-refractivity contribution in [1.29, 1.82) is 0 Å². The molecule has 28 heavy (non-hydrogen) atoms. The van der Waals surface area contributed by atoms with Gasteiger partial charge in [-0.2, -0.15) is 0 Å². The molecule has 0 aromatic heterocycles. The molecule has 142 valence electrons. The van der Waals surface area contributed by atoms with E-state index >= 15 is 0 Å². The summed E-state index contributed by atoms with van der Waals surface area (Å²) in [4.78, 5) is 13.2. The van der Waals surface area contributed by atoms with Crippen LogP contribution in [0, 0.1) is 6.92 Å². The summed E-state index contributed by atoms with van der Waals surface area (Å²) < 4.78 is 28.7. The van der Waals surface area contributed by atoms with Crippen molar-refractivity contribution in [3.63, 3.8) is 0 Å². The first kappa shape index (κ1) is 18.9. The third-order valence-corrected chi connectivity index (χ3v) is 8.88. The second-order valence-corrected chi connectivity index (χ2v) is 10.7. The van der Waals surface area contributed by atoms with Gasteiger partial charge in [0.2, 0.25) is 0 Å². The molecule has 0 spiro atoms. The van der Waals surface area contributed by atoms with E-state index in [1.165, 1.54) is 10.5 Å². The number of rotatable bonds is 5. The van der Waals surface area contributed by atoms with Gasteiger partial charge in [0.15, 0.2) is 0 Å². The van der Waals surface area contributed by atoms with Crippen LogP contribution in [-0.2, 0) is 10.0 Å². The molecule has 1 unspecified atom stereocenters. The van der Waals surface area contributed by atoms with Crippen molar-refractivity contribution in [2.75, 3.05) is 0 Å². The molecule has 4 rings (SSSR count). The number of amides is 1. The number of sulfonamides is 1. The molecule has 0 fully saturated rings. The zero-order valence-electron chi connectivity index (χ0n) is 15.3. The van der Waals surface area contributed by atoms with Gasteiger partial charge in [-0.3, -0.25) is 0 Å². The predicted octanol–water partition coefficient (Wildman–Crippen LogP) is 3.33. The van der Waals surface area contributed by atoms with Gasteiger partial charge in [-0.05, 0) is 0 Å². The van der Waals surface area contributed by atoms with Crippen LogP contribution in [0.25, 0.3) is 0 Å². The summed E-state index contributed by atoms with van der Waals surface area (Å²) in [6.07, 6.45) is 0. The maximum atomic E-state index is 13.2. The van der Waals surface area contributed by atoms with Crippen LogP contribution in [-0.4, -0.2) is 33.6 Å². The van der Waals surface area contributed by atoms with E-state index in [-0.39, 0.29) is 25.4 Å². The molecule has 1 aliphatic rings. The SMILES string of the molecule is Cc1ccc(C(C[Se]c2ccccc2)N2C(=O)c3ccccc3S2(=O)=O)cc1. The number of hydrogen-bond donors (Lipinski definition) is 0. The molecular weight excluding hydrogens is 437 g/mol. The normalized spacial score (nSPS) is 16.0. The summed E-state index contributed by atoms with van der Waals surface area (Å²) in [7, 11) is -3.86. The Morgan fingerprint density at radius 3 is 2.21 bits per heavy atom. The first-order valence-corrected chi connectivity index (χ1v) is 12.4. The standard InChI is InChI=1S/C22H19NO3SSe/c1-16-11-13-17(14-12-16)20(15-28-18-7-3-2-4-8-18)23-22(24)19-9-5-6-10-21(19)27(23,25)26/h2-14,20H,15H2,1H3. The molecule has 1 atom stereocenters. The number of fused-ring (bicyclic) bond motifs is 1. The van der Waals surface area contributed by atoms with Crippen LogP contribution in [0.4, 0.5) is 0 Å². The van der Waals surface area contributed by atoms with Crippen molar-refractivity contribution in [2.45, 2.75) is 23.2 Å². The van der Waals surface area contributed by atoms with Gasteiger partial charge < -0.3 is 0 Å². The molecule has 1 amide bonds. The average Bonchev–Trinajstić information content (AvgIpc) is 2.91. The minimum absolute atomic E-state index is 0.0292. The van der Waals surface area contributed by atoms with Crippen molar-refractivity contribution in [3.8, 4) is 0 Å². The number of nitrogens with zero attached hydrogens (tertiary/aromatic N) is 1. The Hall–Kier alpha value is -2.40. The van der Waals surface area contributed by atoms with Gasteiger partial charge in [-0.25, -0.2) is 0 Å². The Balaban J connectivity index is 1.75.